The maximum absolute atomic E-state index is 12.7. The third-order valence-corrected chi connectivity index (χ3v) is 6.89. The van der Waals surface area contributed by atoms with Crippen molar-refractivity contribution in [2.45, 2.75) is 26.8 Å². The Labute approximate surface area is 246 Å². The van der Waals surface area contributed by atoms with E-state index in [1.54, 1.807) is 13.2 Å². The number of carbonyl (C=O) groups excluding carboxylic acids is 1. The highest BCUT2D eigenvalue weighted by atomic mass is 16.5. The average molecular weight is 563 g/mol. The Morgan fingerprint density at radius 3 is 2.14 bits per heavy atom. The highest BCUT2D eigenvalue weighted by Crippen LogP contribution is 2.31. The summed E-state index contributed by atoms with van der Waals surface area (Å²) in [5.74, 6) is 2.61. The highest BCUT2D eigenvalue weighted by Gasteiger charge is 2.17. The molecule has 0 saturated carbocycles. The second-order valence-corrected chi connectivity index (χ2v) is 9.64. The Balaban J connectivity index is 1.31. The lowest BCUT2D eigenvalue weighted by molar-refractivity contribution is 0.0525. The Kier molecular flexibility index (Phi) is 9.19. The van der Waals surface area contributed by atoms with E-state index in [0.717, 1.165) is 45.5 Å². The maximum Gasteiger partial charge on any atom is 0.338 e. The second-order valence-electron chi connectivity index (χ2n) is 9.64. The number of carbonyl (C=O) groups is 1. The van der Waals surface area contributed by atoms with Crippen LogP contribution in [0, 0.1) is 6.92 Å². The van der Waals surface area contributed by atoms with Crippen molar-refractivity contribution in [2.75, 3.05) is 25.2 Å². The van der Waals surface area contributed by atoms with Crippen LogP contribution >= 0.6 is 0 Å². The second kappa shape index (κ2) is 13.5. The van der Waals surface area contributed by atoms with Gasteiger partial charge in [0.15, 0.2) is 0 Å². The van der Waals surface area contributed by atoms with Crippen LogP contribution in [0.25, 0.3) is 11.5 Å². The van der Waals surface area contributed by atoms with Crippen molar-refractivity contribution in [3.63, 3.8) is 0 Å². The Morgan fingerprint density at radius 1 is 0.833 bits per heavy atom. The molecule has 0 aliphatic rings. The number of hydrogen-bond donors (Lipinski definition) is 0. The predicted octanol–water partition coefficient (Wildman–Crippen LogP) is 7.80. The standard InChI is InChI=1S/C35H34N2O5/c1-4-40-35(38)32-13-9-8-12-27(32)24-37(28-14-18-30(39-3)19-15-28)29-16-20-31(21-17-29)41-23-22-33-25(2)42-34(36-33)26-10-6-5-7-11-26/h5-21H,4,22-24H2,1-3H3. The van der Waals surface area contributed by atoms with Gasteiger partial charge in [0.2, 0.25) is 5.89 Å². The Bertz CT molecular complexity index is 1600. The van der Waals surface area contributed by atoms with E-state index >= 15 is 0 Å². The Morgan fingerprint density at radius 2 is 1.48 bits per heavy atom. The summed E-state index contributed by atoms with van der Waals surface area (Å²) >= 11 is 0. The van der Waals surface area contributed by atoms with E-state index in [0.29, 0.717) is 37.6 Å². The first-order valence-corrected chi connectivity index (χ1v) is 14.0. The number of aryl methyl sites for hydroxylation is 1. The molecule has 7 nitrogen and oxygen atoms in total. The molecule has 0 N–H and O–H groups in total. The lowest BCUT2D eigenvalue weighted by Gasteiger charge is -2.26. The van der Waals surface area contributed by atoms with Gasteiger partial charge in [0.25, 0.3) is 0 Å². The molecule has 0 radical (unpaired) electrons. The summed E-state index contributed by atoms with van der Waals surface area (Å²) in [5, 5.41) is 0. The van der Waals surface area contributed by atoms with Gasteiger partial charge in [0.05, 0.1) is 31.6 Å². The van der Waals surface area contributed by atoms with Gasteiger partial charge in [0.1, 0.15) is 17.3 Å². The highest BCUT2D eigenvalue weighted by molar-refractivity contribution is 5.91. The van der Waals surface area contributed by atoms with E-state index in [2.05, 4.69) is 9.88 Å². The number of rotatable bonds is 12. The third kappa shape index (κ3) is 6.81. The molecule has 0 spiro atoms. The molecule has 0 fully saturated rings. The fraction of sp³-hybridized carbons (Fsp3) is 0.200. The van der Waals surface area contributed by atoms with Gasteiger partial charge in [-0.3, -0.25) is 0 Å². The number of benzene rings is 4. The van der Waals surface area contributed by atoms with Crippen LogP contribution in [-0.4, -0.2) is 31.3 Å². The molecular formula is C35H34N2O5. The number of anilines is 2. The molecule has 7 heteroatoms. The molecule has 0 amide bonds. The lowest BCUT2D eigenvalue weighted by atomic mass is 10.1. The fourth-order valence-electron chi connectivity index (χ4n) is 4.68. The number of hydrogen-bond acceptors (Lipinski definition) is 7. The minimum atomic E-state index is -0.329. The monoisotopic (exact) mass is 562 g/mol. The summed E-state index contributed by atoms with van der Waals surface area (Å²) in [7, 11) is 1.65. The van der Waals surface area contributed by atoms with Crippen molar-refractivity contribution >= 4 is 17.3 Å². The minimum Gasteiger partial charge on any atom is -0.497 e. The summed E-state index contributed by atoms with van der Waals surface area (Å²) in [6.07, 6.45) is 0.631. The van der Waals surface area contributed by atoms with Crippen molar-refractivity contribution in [2.24, 2.45) is 0 Å². The Hall–Kier alpha value is -5.04. The average Bonchev–Trinajstić information content (AvgIpc) is 3.41. The molecule has 0 atom stereocenters. The summed E-state index contributed by atoms with van der Waals surface area (Å²) in [4.78, 5) is 19.5. The number of oxazole rings is 1. The van der Waals surface area contributed by atoms with Crippen LogP contribution in [0.1, 0.15) is 34.3 Å². The number of aromatic nitrogens is 1. The first-order valence-electron chi connectivity index (χ1n) is 14.0. The van der Waals surface area contributed by atoms with Gasteiger partial charge in [-0.15, -0.1) is 0 Å². The predicted molar refractivity (Wildman–Crippen MR) is 164 cm³/mol. The molecule has 0 bridgehead atoms. The van der Waals surface area contributed by atoms with Crippen molar-refractivity contribution in [3.8, 4) is 23.0 Å². The SMILES string of the molecule is CCOC(=O)c1ccccc1CN(c1ccc(OC)cc1)c1ccc(OCCc2nc(-c3ccccc3)oc2C)cc1. The normalized spacial score (nSPS) is 10.7. The van der Waals surface area contributed by atoms with E-state index < -0.39 is 0 Å². The van der Waals surface area contributed by atoms with Gasteiger partial charge in [0, 0.05) is 29.9 Å². The molecule has 5 rings (SSSR count). The molecule has 0 unspecified atom stereocenters. The van der Waals surface area contributed by atoms with Crippen LogP contribution in [0.2, 0.25) is 0 Å². The van der Waals surface area contributed by atoms with Gasteiger partial charge in [-0.2, -0.15) is 0 Å². The van der Waals surface area contributed by atoms with Crippen LogP contribution < -0.4 is 14.4 Å². The zero-order valence-electron chi connectivity index (χ0n) is 24.1. The van der Waals surface area contributed by atoms with Crippen molar-refractivity contribution in [1.29, 1.82) is 0 Å². The molecule has 42 heavy (non-hydrogen) atoms. The zero-order valence-corrected chi connectivity index (χ0v) is 24.1. The number of methoxy groups -OCH3 is 1. The van der Waals surface area contributed by atoms with Crippen LogP contribution in [0.5, 0.6) is 11.5 Å². The minimum absolute atomic E-state index is 0.321. The van der Waals surface area contributed by atoms with Gasteiger partial charge >= 0.3 is 5.97 Å². The van der Waals surface area contributed by atoms with Crippen LogP contribution in [-0.2, 0) is 17.7 Å². The lowest BCUT2D eigenvalue weighted by Crippen LogP contribution is -2.19. The zero-order chi connectivity index (χ0) is 29.3. The summed E-state index contributed by atoms with van der Waals surface area (Å²) in [6, 6.07) is 33.2. The van der Waals surface area contributed by atoms with Crippen molar-refractivity contribution < 1.29 is 23.4 Å². The molecule has 0 aliphatic carbocycles. The van der Waals surface area contributed by atoms with Crippen LogP contribution in [0.3, 0.4) is 0 Å². The van der Waals surface area contributed by atoms with Crippen LogP contribution in [0.15, 0.2) is 108 Å². The van der Waals surface area contributed by atoms with Gasteiger partial charge in [-0.1, -0.05) is 36.4 Å². The molecule has 0 saturated heterocycles. The largest absolute Gasteiger partial charge is 0.497 e. The molecular weight excluding hydrogens is 528 g/mol. The summed E-state index contributed by atoms with van der Waals surface area (Å²) in [6.45, 7) is 4.99. The molecule has 0 aliphatic heterocycles. The first-order chi connectivity index (χ1) is 20.6. The smallest absolute Gasteiger partial charge is 0.338 e. The van der Waals surface area contributed by atoms with Crippen LogP contribution in [0.4, 0.5) is 11.4 Å². The van der Waals surface area contributed by atoms with E-state index in [1.807, 2.05) is 111 Å². The topological polar surface area (TPSA) is 74.0 Å². The van der Waals surface area contributed by atoms with Crippen molar-refractivity contribution in [1.82, 2.24) is 4.98 Å². The summed E-state index contributed by atoms with van der Waals surface area (Å²) < 4.78 is 22.6. The van der Waals surface area contributed by atoms with E-state index in [1.165, 1.54) is 0 Å². The third-order valence-electron chi connectivity index (χ3n) is 6.89. The maximum atomic E-state index is 12.7. The van der Waals surface area contributed by atoms with Crippen molar-refractivity contribution in [3.05, 3.63) is 126 Å². The van der Waals surface area contributed by atoms with Gasteiger partial charge in [-0.05, 0) is 86.1 Å². The fourth-order valence-corrected chi connectivity index (χ4v) is 4.68. The van der Waals surface area contributed by atoms with E-state index in [9.17, 15) is 4.79 Å². The molecule has 214 valence electrons. The summed E-state index contributed by atoms with van der Waals surface area (Å²) in [5.41, 5.74) is 5.16. The van der Waals surface area contributed by atoms with E-state index in [4.69, 9.17) is 18.6 Å². The van der Waals surface area contributed by atoms with E-state index in [-0.39, 0.29) is 5.97 Å². The number of ether oxygens (including phenoxy) is 3. The van der Waals surface area contributed by atoms with Gasteiger partial charge < -0.3 is 23.5 Å². The number of esters is 1. The van der Waals surface area contributed by atoms with Gasteiger partial charge in [-0.25, -0.2) is 9.78 Å². The molecule has 1 heterocycles. The number of nitrogens with zero attached hydrogens (tertiary/aromatic N) is 2. The molecule has 1 aromatic heterocycles. The molecule has 4 aromatic carbocycles. The molecule has 5 aromatic rings. The quantitative estimate of drug-likeness (QED) is 0.144. The first kappa shape index (κ1) is 28.5.